The van der Waals surface area contributed by atoms with E-state index < -0.39 is 0 Å². The van der Waals surface area contributed by atoms with Gasteiger partial charge in [-0.3, -0.25) is 0 Å². The van der Waals surface area contributed by atoms with Crippen LogP contribution in [0.1, 0.15) is 46.5 Å². The second-order valence-electron chi connectivity index (χ2n) is 6.11. The first-order chi connectivity index (χ1) is 6.02. The molecule has 0 bridgehead atoms. The third-order valence-corrected chi connectivity index (χ3v) is 5.42. The standard InChI is InChI=1S/C12H22S/c1-11(2,3)10-4-5-12(8-10)6-7-13-9-12/h10H,4-9H2,1-3H3. The van der Waals surface area contributed by atoms with E-state index in [9.17, 15) is 0 Å². The summed E-state index contributed by atoms with van der Waals surface area (Å²) in [5.74, 6) is 3.88. The van der Waals surface area contributed by atoms with Gasteiger partial charge < -0.3 is 0 Å². The molecule has 0 aromatic heterocycles. The maximum atomic E-state index is 2.42. The van der Waals surface area contributed by atoms with Crippen molar-refractivity contribution in [1.82, 2.24) is 0 Å². The molecule has 2 aliphatic rings. The molecule has 0 nitrogen and oxygen atoms in total. The van der Waals surface area contributed by atoms with E-state index >= 15 is 0 Å². The number of hydrogen-bond donors (Lipinski definition) is 0. The zero-order valence-corrected chi connectivity index (χ0v) is 10.0. The van der Waals surface area contributed by atoms with Gasteiger partial charge in [0, 0.05) is 0 Å². The molecule has 0 aromatic rings. The molecular formula is C12H22S. The molecule has 2 atom stereocenters. The van der Waals surface area contributed by atoms with Crippen LogP contribution < -0.4 is 0 Å². The fourth-order valence-electron chi connectivity index (χ4n) is 2.95. The lowest BCUT2D eigenvalue weighted by Crippen LogP contribution is -2.21. The van der Waals surface area contributed by atoms with Gasteiger partial charge in [0.15, 0.2) is 0 Å². The quantitative estimate of drug-likeness (QED) is 0.568. The lowest BCUT2D eigenvalue weighted by molar-refractivity contribution is 0.218. The van der Waals surface area contributed by atoms with Gasteiger partial charge in [0.2, 0.25) is 0 Å². The van der Waals surface area contributed by atoms with Gasteiger partial charge in [-0.05, 0) is 53.9 Å². The van der Waals surface area contributed by atoms with Crippen LogP contribution in [0.4, 0.5) is 0 Å². The molecule has 0 aromatic carbocycles. The van der Waals surface area contributed by atoms with Gasteiger partial charge in [-0.2, -0.15) is 11.8 Å². The maximum absolute atomic E-state index is 2.42. The molecule has 76 valence electrons. The van der Waals surface area contributed by atoms with Gasteiger partial charge in [-0.1, -0.05) is 20.8 Å². The van der Waals surface area contributed by atoms with Crippen molar-refractivity contribution in [2.45, 2.75) is 46.5 Å². The summed E-state index contributed by atoms with van der Waals surface area (Å²) in [6.07, 6.45) is 6.03. The normalized spacial score (nSPS) is 40.4. The van der Waals surface area contributed by atoms with Crippen molar-refractivity contribution in [2.75, 3.05) is 11.5 Å². The van der Waals surface area contributed by atoms with E-state index in [1.807, 2.05) is 0 Å². The Balaban J connectivity index is 2.01. The van der Waals surface area contributed by atoms with Crippen LogP contribution in [0.15, 0.2) is 0 Å². The van der Waals surface area contributed by atoms with E-state index in [0.29, 0.717) is 5.41 Å². The van der Waals surface area contributed by atoms with Gasteiger partial charge in [-0.25, -0.2) is 0 Å². The Labute approximate surface area is 86.9 Å². The molecule has 1 saturated heterocycles. The molecule has 13 heavy (non-hydrogen) atoms. The van der Waals surface area contributed by atoms with Crippen LogP contribution in [0.5, 0.6) is 0 Å². The van der Waals surface area contributed by atoms with Crippen LogP contribution in [0.2, 0.25) is 0 Å². The lowest BCUT2D eigenvalue weighted by atomic mass is 9.76. The van der Waals surface area contributed by atoms with Gasteiger partial charge in [-0.15, -0.1) is 0 Å². The first kappa shape index (κ1) is 9.89. The highest BCUT2D eigenvalue weighted by Gasteiger charge is 2.44. The second kappa shape index (κ2) is 3.18. The molecule has 2 unspecified atom stereocenters. The predicted octanol–water partition coefficient (Wildman–Crippen LogP) is 3.96. The number of rotatable bonds is 0. The Morgan fingerprint density at radius 3 is 2.46 bits per heavy atom. The van der Waals surface area contributed by atoms with Gasteiger partial charge >= 0.3 is 0 Å². The summed E-state index contributed by atoms with van der Waals surface area (Å²) in [6, 6.07) is 0. The molecular weight excluding hydrogens is 176 g/mol. The smallest absolute Gasteiger partial charge is 0.00104 e. The van der Waals surface area contributed by atoms with Gasteiger partial charge in [0.25, 0.3) is 0 Å². The SMILES string of the molecule is CC(C)(C)C1CCC2(CCSC2)C1. The third kappa shape index (κ3) is 1.91. The summed E-state index contributed by atoms with van der Waals surface area (Å²) >= 11 is 2.18. The summed E-state index contributed by atoms with van der Waals surface area (Å²) in [7, 11) is 0. The van der Waals surface area contributed by atoms with Crippen molar-refractivity contribution in [3.8, 4) is 0 Å². The van der Waals surface area contributed by atoms with Crippen molar-refractivity contribution in [1.29, 1.82) is 0 Å². The molecule has 0 N–H and O–H groups in total. The number of thioether (sulfide) groups is 1. The summed E-state index contributed by atoms with van der Waals surface area (Å²) in [6.45, 7) is 7.25. The minimum atomic E-state index is 0.552. The molecule has 2 rings (SSSR count). The van der Waals surface area contributed by atoms with E-state index in [1.165, 1.54) is 37.2 Å². The molecule has 0 amide bonds. The van der Waals surface area contributed by atoms with E-state index in [2.05, 4.69) is 32.5 Å². The van der Waals surface area contributed by atoms with E-state index in [4.69, 9.17) is 0 Å². The fourth-order valence-corrected chi connectivity index (χ4v) is 4.52. The van der Waals surface area contributed by atoms with Crippen LogP contribution in [0.3, 0.4) is 0 Å². The Morgan fingerprint density at radius 2 is 2.00 bits per heavy atom. The van der Waals surface area contributed by atoms with Crippen molar-refractivity contribution in [3.63, 3.8) is 0 Å². The molecule has 2 fully saturated rings. The Bertz CT molecular complexity index is 184. The van der Waals surface area contributed by atoms with Crippen molar-refractivity contribution in [2.24, 2.45) is 16.7 Å². The van der Waals surface area contributed by atoms with Crippen molar-refractivity contribution in [3.05, 3.63) is 0 Å². The third-order valence-electron chi connectivity index (χ3n) is 4.11. The maximum Gasteiger partial charge on any atom is -0.00104 e. The zero-order chi connectivity index (χ0) is 9.53. The monoisotopic (exact) mass is 198 g/mol. The fraction of sp³-hybridized carbons (Fsp3) is 1.00. The summed E-state index contributed by atoms with van der Waals surface area (Å²) in [4.78, 5) is 0. The largest absolute Gasteiger partial charge is 0.161 e. The van der Waals surface area contributed by atoms with Crippen molar-refractivity contribution >= 4 is 11.8 Å². The molecule has 1 saturated carbocycles. The molecule has 1 spiro atoms. The summed E-state index contributed by atoms with van der Waals surface area (Å²) in [5, 5.41) is 0. The first-order valence-corrected chi connectivity index (χ1v) is 6.75. The predicted molar refractivity (Wildman–Crippen MR) is 61.2 cm³/mol. The molecule has 1 heteroatoms. The Hall–Kier alpha value is 0.350. The summed E-state index contributed by atoms with van der Waals surface area (Å²) < 4.78 is 0. The molecule has 1 aliphatic carbocycles. The van der Waals surface area contributed by atoms with Gasteiger partial charge in [0.1, 0.15) is 0 Å². The van der Waals surface area contributed by atoms with E-state index in [-0.39, 0.29) is 0 Å². The average Bonchev–Trinajstić information content (AvgIpc) is 2.60. The lowest BCUT2D eigenvalue weighted by Gasteiger charge is -2.29. The Morgan fingerprint density at radius 1 is 1.23 bits per heavy atom. The minimum Gasteiger partial charge on any atom is -0.161 e. The van der Waals surface area contributed by atoms with E-state index in [1.54, 1.807) is 0 Å². The van der Waals surface area contributed by atoms with Crippen LogP contribution >= 0.6 is 11.8 Å². The van der Waals surface area contributed by atoms with Crippen LogP contribution in [0.25, 0.3) is 0 Å². The average molecular weight is 198 g/mol. The van der Waals surface area contributed by atoms with Crippen molar-refractivity contribution < 1.29 is 0 Å². The first-order valence-electron chi connectivity index (χ1n) is 5.60. The highest BCUT2D eigenvalue weighted by molar-refractivity contribution is 7.99. The molecule has 0 radical (unpaired) electrons. The molecule has 1 heterocycles. The summed E-state index contributed by atoms with van der Waals surface area (Å²) in [5.41, 5.74) is 1.33. The number of hydrogen-bond acceptors (Lipinski definition) is 1. The zero-order valence-electron chi connectivity index (χ0n) is 9.23. The highest BCUT2D eigenvalue weighted by atomic mass is 32.2. The van der Waals surface area contributed by atoms with Crippen LogP contribution in [-0.4, -0.2) is 11.5 Å². The molecule has 1 aliphatic heterocycles. The topological polar surface area (TPSA) is 0 Å². The van der Waals surface area contributed by atoms with Crippen LogP contribution in [0, 0.1) is 16.7 Å². The Kier molecular flexibility index (Phi) is 2.42. The van der Waals surface area contributed by atoms with E-state index in [0.717, 1.165) is 11.3 Å². The second-order valence-corrected chi connectivity index (χ2v) is 7.21. The van der Waals surface area contributed by atoms with Gasteiger partial charge in [0.05, 0.1) is 0 Å². The minimum absolute atomic E-state index is 0.552. The van der Waals surface area contributed by atoms with Crippen LogP contribution in [-0.2, 0) is 0 Å². The highest BCUT2D eigenvalue weighted by Crippen LogP contribution is 2.54.